The molecule has 0 spiro atoms. The first-order chi connectivity index (χ1) is 22.7. The van der Waals surface area contributed by atoms with Gasteiger partial charge in [0.1, 0.15) is 35.6 Å². The zero-order chi connectivity index (χ0) is 33.2. The van der Waals surface area contributed by atoms with E-state index in [1.165, 1.54) is 19.8 Å². The third kappa shape index (κ3) is 6.33. The van der Waals surface area contributed by atoms with Crippen molar-refractivity contribution < 1.29 is 38.4 Å². The average Bonchev–Trinajstić information content (AvgIpc) is 3.67. The van der Waals surface area contributed by atoms with Gasteiger partial charge in [0.2, 0.25) is 0 Å². The normalized spacial score (nSPS) is 20.0. The van der Waals surface area contributed by atoms with Crippen LogP contribution < -0.4 is 14.8 Å². The standard InChI is InChI=1S/C33H36N5O8P/c1-43-24-13-9-22(10-14-24)33(21-7-5-4-6-8-21,23-11-15-25(44-2)16-12-23)37-30-27-31(35-19-34-30)38(20-36-27)32-28(39)29(45-3)26(46-32)17-18-47(40,41)42/h4-16,19-20,26,28-29,32,39H,17-18H2,1-3H3,(H,34,35,37)(H2,40,41,42)/t26-,28-,29-,32-/m1/s1. The third-order valence-electron chi connectivity index (χ3n) is 8.48. The number of aromatic nitrogens is 4. The van der Waals surface area contributed by atoms with E-state index in [2.05, 4.69) is 20.3 Å². The van der Waals surface area contributed by atoms with Crippen molar-refractivity contribution in [3.05, 3.63) is 108 Å². The molecule has 0 radical (unpaired) electrons. The summed E-state index contributed by atoms with van der Waals surface area (Å²) in [7, 11) is 0.373. The maximum absolute atomic E-state index is 11.6. The minimum atomic E-state index is -4.29. The number of ether oxygens (including phenoxy) is 4. The maximum Gasteiger partial charge on any atom is 0.325 e. The van der Waals surface area contributed by atoms with Crippen LogP contribution in [0.5, 0.6) is 11.5 Å². The van der Waals surface area contributed by atoms with E-state index < -0.39 is 43.8 Å². The second-order valence-electron chi connectivity index (χ2n) is 11.2. The Balaban J connectivity index is 1.46. The molecule has 2 aromatic heterocycles. The lowest BCUT2D eigenvalue weighted by Gasteiger charge is -2.37. The smallest absolute Gasteiger partial charge is 0.325 e. The zero-order valence-electron chi connectivity index (χ0n) is 26.0. The molecule has 0 saturated carbocycles. The highest BCUT2D eigenvalue weighted by molar-refractivity contribution is 7.51. The molecule has 0 unspecified atom stereocenters. The summed E-state index contributed by atoms with van der Waals surface area (Å²) in [5.74, 6) is 1.83. The predicted molar refractivity (Wildman–Crippen MR) is 173 cm³/mol. The number of methoxy groups -OCH3 is 3. The second kappa shape index (κ2) is 13.4. The van der Waals surface area contributed by atoms with Gasteiger partial charge in [0.05, 0.1) is 32.8 Å². The molecule has 0 aliphatic carbocycles. The van der Waals surface area contributed by atoms with E-state index in [0.717, 1.165) is 16.7 Å². The fraction of sp³-hybridized carbons (Fsp3) is 0.303. The van der Waals surface area contributed by atoms with Gasteiger partial charge in [-0.25, -0.2) is 15.0 Å². The molecule has 47 heavy (non-hydrogen) atoms. The summed E-state index contributed by atoms with van der Waals surface area (Å²) in [4.78, 5) is 32.6. The van der Waals surface area contributed by atoms with Crippen molar-refractivity contribution in [3.8, 4) is 11.5 Å². The molecule has 0 bridgehead atoms. The number of hydrogen-bond donors (Lipinski definition) is 4. The molecule has 4 N–H and O–H groups in total. The van der Waals surface area contributed by atoms with E-state index in [1.54, 1.807) is 18.8 Å². The molecule has 4 atom stereocenters. The van der Waals surface area contributed by atoms with Crippen LogP contribution in [-0.2, 0) is 19.6 Å². The molecular formula is C33H36N5O8P. The molecule has 246 valence electrons. The number of rotatable bonds is 12. The predicted octanol–water partition coefficient (Wildman–Crippen LogP) is 4.09. The highest BCUT2D eigenvalue weighted by Crippen LogP contribution is 2.43. The number of nitrogens with zero attached hydrogens (tertiary/aromatic N) is 4. The van der Waals surface area contributed by atoms with Crippen LogP contribution in [0.15, 0.2) is 91.5 Å². The summed E-state index contributed by atoms with van der Waals surface area (Å²) in [5.41, 5.74) is 2.52. The van der Waals surface area contributed by atoms with Gasteiger partial charge in [-0.2, -0.15) is 0 Å². The second-order valence-corrected chi connectivity index (χ2v) is 13.0. The van der Waals surface area contributed by atoms with Crippen LogP contribution in [0.4, 0.5) is 5.82 Å². The number of imidazole rings is 1. The van der Waals surface area contributed by atoms with Gasteiger partial charge in [0.15, 0.2) is 23.2 Å². The first kappa shape index (κ1) is 32.6. The summed E-state index contributed by atoms with van der Waals surface area (Å²) in [5, 5.41) is 14.9. The lowest BCUT2D eigenvalue weighted by molar-refractivity contribution is -0.0356. The monoisotopic (exact) mass is 661 g/mol. The van der Waals surface area contributed by atoms with Crippen molar-refractivity contribution in [1.82, 2.24) is 19.5 Å². The van der Waals surface area contributed by atoms with E-state index in [4.69, 9.17) is 18.9 Å². The van der Waals surface area contributed by atoms with E-state index in [-0.39, 0.29) is 6.42 Å². The van der Waals surface area contributed by atoms with E-state index >= 15 is 0 Å². The lowest BCUT2D eigenvalue weighted by atomic mass is 9.77. The number of benzene rings is 3. The van der Waals surface area contributed by atoms with E-state index in [9.17, 15) is 19.5 Å². The Hall–Kier alpha value is -4.36. The van der Waals surface area contributed by atoms with Gasteiger partial charge in [-0.15, -0.1) is 0 Å². The Morgan fingerprint density at radius 1 is 0.872 bits per heavy atom. The molecule has 5 aromatic rings. The summed E-state index contributed by atoms with van der Waals surface area (Å²) < 4.78 is 35.7. The number of anilines is 1. The summed E-state index contributed by atoms with van der Waals surface area (Å²) >= 11 is 0. The molecule has 0 amide bonds. The van der Waals surface area contributed by atoms with Crippen LogP contribution >= 0.6 is 7.60 Å². The summed E-state index contributed by atoms with van der Waals surface area (Å²) in [6, 6.07) is 25.5. The quantitative estimate of drug-likeness (QED) is 0.112. The molecule has 1 saturated heterocycles. The number of fused-ring (bicyclic) bond motifs is 1. The fourth-order valence-electron chi connectivity index (χ4n) is 6.16. The SMILES string of the molecule is COc1ccc(C(Nc2ncnc3c2ncn3[C@@H]2O[C@H](CCP(=O)(O)O)[C@@H](OC)[C@H]2O)(c2ccccc2)c2ccc(OC)cc2)cc1. The minimum absolute atomic E-state index is 0.00587. The largest absolute Gasteiger partial charge is 0.497 e. The summed E-state index contributed by atoms with van der Waals surface area (Å²) in [6.07, 6.45) is -1.23. The average molecular weight is 662 g/mol. The van der Waals surface area contributed by atoms with Crippen molar-refractivity contribution >= 4 is 24.6 Å². The number of aliphatic hydroxyl groups is 1. The molecule has 13 nitrogen and oxygen atoms in total. The number of hydrogen-bond acceptors (Lipinski definition) is 10. The Labute approximate surface area is 271 Å². The molecule has 1 aliphatic rings. The van der Waals surface area contributed by atoms with Crippen LogP contribution in [0, 0.1) is 0 Å². The van der Waals surface area contributed by atoms with Gasteiger partial charge < -0.3 is 39.2 Å². The fourth-order valence-corrected chi connectivity index (χ4v) is 6.75. The molecule has 1 fully saturated rings. The highest BCUT2D eigenvalue weighted by Gasteiger charge is 2.46. The maximum atomic E-state index is 11.6. The molecule has 1 aliphatic heterocycles. The number of aliphatic hydroxyl groups excluding tert-OH is 1. The Morgan fingerprint density at radius 3 is 2.02 bits per heavy atom. The third-order valence-corrected chi connectivity index (χ3v) is 9.32. The highest BCUT2D eigenvalue weighted by atomic mass is 31.2. The van der Waals surface area contributed by atoms with Gasteiger partial charge in [-0.3, -0.25) is 9.13 Å². The van der Waals surface area contributed by atoms with Crippen LogP contribution in [0.2, 0.25) is 0 Å². The molecule has 6 rings (SSSR count). The van der Waals surface area contributed by atoms with Crippen LogP contribution in [-0.4, -0.2) is 80.2 Å². The minimum Gasteiger partial charge on any atom is -0.497 e. The topological polar surface area (TPSA) is 170 Å². The first-order valence-corrected chi connectivity index (χ1v) is 16.7. The van der Waals surface area contributed by atoms with Gasteiger partial charge in [-0.05, 0) is 47.4 Å². The van der Waals surface area contributed by atoms with Gasteiger partial charge in [0.25, 0.3) is 0 Å². The zero-order valence-corrected chi connectivity index (χ0v) is 26.9. The van der Waals surface area contributed by atoms with Crippen molar-refractivity contribution in [1.29, 1.82) is 0 Å². The van der Waals surface area contributed by atoms with Crippen molar-refractivity contribution in [2.24, 2.45) is 0 Å². The van der Waals surface area contributed by atoms with Crippen LogP contribution in [0.1, 0.15) is 29.3 Å². The number of nitrogens with one attached hydrogen (secondary N) is 1. The Morgan fingerprint density at radius 2 is 1.47 bits per heavy atom. The van der Waals surface area contributed by atoms with Gasteiger partial charge in [-0.1, -0.05) is 54.6 Å². The van der Waals surface area contributed by atoms with Gasteiger partial charge in [0, 0.05) is 7.11 Å². The van der Waals surface area contributed by atoms with Crippen molar-refractivity contribution in [2.75, 3.05) is 32.8 Å². The Kier molecular flexibility index (Phi) is 9.29. The van der Waals surface area contributed by atoms with E-state index in [0.29, 0.717) is 28.5 Å². The van der Waals surface area contributed by atoms with Crippen LogP contribution in [0.25, 0.3) is 11.2 Å². The molecular weight excluding hydrogens is 625 g/mol. The molecule has 14 heteroatoms. The molecule has 3 heterocycles. The Bertz CT molecular complexity index is 1800. The van der Waals surface area contributed by atoms with Crippen LogP contribution in [0.3, 0.4) is 0 Å². The lowest BCUT2D eigenvalue weighted by Crippen LogP contribution is -2.38. The van der Waals surface area contributed by atoms with Crippen molar-refractivity contribution in [2.45, 2.75) is 36.5 Å². The summed E-state index contributed by atoms with van der Waals surface area (Å²) in [6.45, 7) is 0. The van der Waals surface area contributed by atoms with Crippen molar-refractivity contribution in [3.63, 3.8) is 0 Å². The first-order valence-electron chi connectivity index (χ1n) is 14.9. The van der Waals surface area contributed by atoms with E-state index in [1.807, 2.05) is 78.9 Å². The van der Waals surface area contributed by atoms with Gasteiger partial charge >= 0.3 is 7.60 Å². The molecule has 3 aromatic carbocycles.